The molecule has 0 N–H and O–H groups in total. The summed E-state index contributed by atoms with van der Waals surface area (Å²) < 4.78 is 0. The van der Waals surface area contributed by atoms with Crippen LogP contribution in [-0.2, 0) is 13.1 Å². The Labute approximate surface area is 140 Å². The van der Waals surface area contributed by atoms with Crippen molar-refractivity contribution in [1.29, 1.82) is 0 Å². The van der Waals surface area contributed by atoms with Gasteiger partial charge in [0.25, 0.3) is 0 Å². The summed E-state index contributed by atoms with van der Waals surface area (Å²) in [6, 6.07) is 4.72. The predicted molar refractivity (Wildman–Crippen MR) is 103 cm³/mol. The zero-order valence-electron chi connectivity index (χ0n) is 14.3. The normalized spacial score (nSPS) is 10.5. The molecule has 0 aliphatic rings. The van der Waals surface area contributed by atoms with Gasteiger partial charge in [0.15, 0.2) is 0 Å². The van der Waals surface area contributed by atoms with Gasteiger partial charge in [-0.25, -0.2) is 0 Å². The largest absolute Gasteiger partial charge is 0.300 e. The zero-order valence-corrected chi connectivity index (χ0v) is 14.3. The lowest BCUT2D eigenvalue weighted by Crippen LogP contribution is -2.25. The van der Waals surface area contributed by atoms with Crippen molar-refractivity contribution >= 4 is 0 Å². The summed E-state index contributed by atoms with van der Waals surface area (Å²) >= 11 is 0. The Balaban J connectivity index is 0. The third-order valence-electron chi connectivity index (χ3n) is 4.34. The molecule has 1 rings (SSSR count). The molecule has 0 fully saturated rings. The minimum Gasteiger partial charge on any atom is -0.300 e. The van der Waals surface area contributed by atoms with Crippen LogP contribution in [0.3, 0.4) is 0 Å². The Morgan fingerprint density at radius 3 is 1.27 bits per heavy atom. The van der Waals surface area contributed by atoms with Crippen LogP contribution in [0.4, 0.5) is 0 Å². The average molecular weight is 309 g/mol. The van der Waals surface area contributed by atoms with Crippen LogP contribution in [0.5, 0.6) is 0 Å². The van der Waals surface area contributed by atoms with E-state index in [1.807, 2.05) is 0 Å². The Morgan fingerprint density at radius 2 is 1.00 bits per heavy atom. The summed E-state index contributed by atoms with van der Waals surface area (Å²) in [6.07, 6.45) is 0. The van der Waals surface area contributed by atoms with Gasteiger partial charge < -0.3 is 0 Å². The van der Waals surface area contributed by atoms with Gasteiger partial charge in [-0.05, 0) is 56.7 Å². The third kappa shape index (κ3) is 6.50. The number of benzene rings is 1. The van der Waals surface area contributed by atoms with Crippen LogP contribution >= 0.6 is 0 Å². The molecule has 0 heterocycles. The third-order valence-corrected chi connectivity index (χ3v) is 4.34. The highest BCUT2D eigenvalue weighted by Crippen LogP contribution is 2.20. The van der Waals surface area contributed by atoms with E-state index in [1.54, 1.807) is 0 Å². The molecule has 0 aromatic heterocycles. The molecule has 0 saturated carbocycles. The Hall–Kier alpha value is -0.860. The molecule has 0 radical (unpaired) electrons. The van der Waals surface area contributed by atoms with Crippen LogP contribution in [0, 0.1) is 13.8 Å². The van der Waals surface area contributed by atoms with Gasteiger partial charge in [0.1, 0.15) is 0 Å². The highest BCUT2D eigenvalue weighted by atomic mass is 15.1. The van der Waals surface area contributed by atoms with Crippen LogP contribution in [-0.4, -0.2) is 36.0 Å². The number of hydrogen-bond donors (Lipinski definition) is 0. The van der Waals surface area contributed by atoms with Gasteiger partial charge >= 0.3 is 0 Å². The van der Waals surface area contributed by atoms with Crippen LogP contribution < -0.4 is 0 Å². The lowest BCUT2D eigenvalue weighted by molar-refractivity contribution is 0.290. The fourth-order valence-corrected chi connectivity index (χ4v) is 2.72. The first-order valence-corrected chi connectivity index (χ1v) is 8.09. The molecular weight excluding hydrogens is 268 g/mol. The quantitative estimate of drug-likeness (QED) is 0.646. The molecule has 0 bridgehead atoms. The maximum Gasteiger partial charge on any atom is 0.0236 e. The lowest BCUT2D eigenvalue weighted by atomic mass is 9.98. The van der Waals surface area contributed by atoms with Gasteiger partial charge in [0.05, 0.1) is 0 Å². The fourth-order valence-electron chi connectivity index (χ4n) is 2.72. The van der Waals surface area contributed by atoms with Gasteiger partial charge in [0, 0.05) is 13.1 Å². The highest BCUT2D eigenvalue weighted by molar-refractivity contribution is 5.38. The Bertz CT molecular complexity index is 369. The molecule has 0 amide bonds. The van der Waals surface area contributed by atoms with E-state index in [0.717, 1.165) is 39.3 Å². The molecular formula is C20H40N2. The SMILES string of the molecule is C.C.CCN(CC)Cc1cc(C)cc(CN(CC)CC)c1C. The monoisotopic (exact) mass is 308 g/mol. The van der Waals surface area contributed by atoms with E-state index in [2.05, 4.69) is 63.5 Å². The maximum atomic E-state index is 2.49. The van der Waals surface area contributed by atoms with Gasteiger partial charge in [-0.2, -0.15) is 0 Å². The Morgan fingerprint density at radius 1 is 0.682 bits per heavy atom. The van der Waals surface area contributed by atoms with Crippen molar-refractivity contribution in [3.8, 4) is 0 Å². The van der Waals surface area contributed by atoms with Crippen molar-refractivity contribution < 1.29 is 0 Å². The molecule has 130 valence electrons. The molecule has 0 unspecified atom stereocenters. The van der Waals surface area contributed by atoms with E-state index in [9.17, 15) is 0 Å². The lowest BCUT2D eigenvalue weighted by Gasteiger charge is -2.24. The van der Waals surface area contributed by atoms with Crippen molar-refractivity contribution in [3.63, 3.8) is 0 Å². The number of hydrogen-bond acceptors (Lipinski definition) is 2. The number of aryl methyl sites for hydroxylation is 1. The molecule has 0 spiro atoms. The van der Waals surface area contributed by atoms with Crippen LogP contribution in [0.15, 0.2) is 12.1 Å². The van der Waals surface area contributed by atoms with Gasteiger partial charge in [-0.3, -0.25) is 9.80 Å². The zero-order chi connectivity index (χ0) is 15.1. The minimum absolute atomic E-state index is 0. The molecule has 2 heteroatoms. The smallest absolute Gasteiger partial charge is 0.0236 e. The summed E-state index contributed by atoms with van der Waals surface area (Å²) in [5, 5.41) is 0. The van der Waals surface area contributed by atoms with Crippen molar-refractivity contribution in [1.82, 2.24) is 9.80 Å². The Kier molecular flexibility index (Phi) is 12.4. The maximum absolute atomic E-state index is 2.49. The number of nitrogens with zero attached hydrogens (tertiary/aromatic N) is 2. The van der Waals surface area contributed by atoms with Gasteiger partial charge in [-0.1, -0.05) is 60.2 Å². The minimum atomic E-state index is 0. The molecule has 1 aromatic carbocycles. The topological polar surface area (TPSA) is 6.48 Å². The highest BCUT2D eigenvalue weighted by Gasteiger charge is 2.10. The van der Waals surface area contributed by atoms with E-state index in [0.29, 0.717) is 0 Å². The second-order valence-corrected chi connectivity index (χ2v) is 5.63. The fraction of sp³-hybridized carbons (Fsp3) is 0.700. The van der Waals surface area contributed by atoms with E-state index in [1.165, 1.54) is 22.3 Å². The molecule has 0 aliphatic carbocycles. The molecule has 0 aliphatic heterocycles. The van der Waals surface area contributed by atoms with Crippen LogP contribution in [0.1, 0.15) is 64.8 Å². The van der Waals surface area contributed by atoms with Crippen molar-refractivity contribution in [2.75, 3.05) is 26.2 Å². The molecule has 2 nitrogen and oxygen atoms in total. The molecule has 1 aromatic rings. The van der Waals surface area contributed by atoms with Crippen molar-refractivity contribution in [2.45, 2.75) is 69.5 Å². The predicted octanol–water partition coefficient (Wildman–Crippen LogP) is 5.26. The second-order valence-electron chi connectivity index (χ2n) is 5.63. The number of rotatable bonds is 8. The van der Waals surface area contributed by atoms with E-state index in [-0.39, 0.29) is 14.9 Å². The van der Waals surface area contributed by atoms with Crippen LogP contribution in [0.2, 0.25) is 0 Å². The first-order valence-electron chi connectivity index (χ1n) is 8.09. The summed E-state index contributed by atoms with van der Waals surface area (Å²) in [5.41, 5.74) is 5.86. The summed E-state index contributed by atoms with van der Waals surface area (Å²) in [4.78, 5) is 4.98. The summed E-state index contributed by atoms with van der Waals surface area (Å²) in [7, 11) is 0. The van der Waals surface area contributed by atoms with E-state index in [4.69, 9.17) is 0 Å². The average Bonchev–Trinajstić information content (AvgIpc) is 2.46. The molecule has 22 heavy (non-hydrogen) atoms. The first-order chi connectivity index (χ1) is 9.55. The molecule has 0 saturated heterocycles. The first kappa shape index (κ1) is 23.4. The van der Waals surface area contributed by atoms with Crippen molar-refractivity contribution in [3.05, 3.63) is 34.4 Å². The van der Waals surface area contributed by atoms with Crippen LogP contribution in [0.25, 0.3) is 0 Å². The van der Waals surface area contributed by atoms with Crippen molar-refractivity contribution in [2.24, 2.45) is 0 Å². The van der Waals surface area contributed by atoms with E-state index < -0.39 is 0 Å². The summed E-state index contributed by atoms with van der Waals surface area (Å²) in [5.74, 6) is 0. The van der Waals surface area contributed by atoms with Gasteiger partial charge in [-0.15, -0.1) is 0 Å². The standard InChI is InChI=1S/C18H32N2.2CH4/c1-7-19(8-2)13-17-11-15(5)12-18(16(17)6)14-20(9-3)10-4;;/h11-12H,7-10,13-14H2,1-6H3;2*1H4. The molecule has 0 atom stereocenters. The second kappa shape index (κ2) is 11.7. The van der Waals surface area contributed by atoms with E-state index >= 15 is 0 Å². The summed E-state index contributed by atoms with van der Waals surface area (Å²) in [6.45, 7) is 20.1. The van der Waals surface area contributed by atoms with Gasteiger partial charge in [0.2, 0.25) is 0 Å².